The zero-order valence-corrected chi connectivity index (χ0v) is 21.1. The molecule has 0 aliphatic carbocycles. The van der Waals surface area contributed by atoms with E-state index >= 15 is 0 Å². The van der Waals surface area contributed by atoms with Gasteiger partial charge in [0.2, 0.25) is 5.95 Å². The number of likely N-dealkylation sites (N-methyl/N-ethyl adjacent to an activating group) is 1. The molecule has 0 bridgehead atoms. The van der Waals surface area contributed by atoms with Crippen molar-refractivity contribution >= 4 is 17.9 Å². The van der Waals surface area contributed by atoms with Crippen LogP contribution in [0.5, 0.6) is 5.75 Å². The second-order valence-electron chi connectivity index (χ2n) is 9.62. The fourth-order valence-corrected chi connectivity index (χ4v) is 3.66. The highest BCUT2D eigenvalue weighted by atomic mass is 16.6. The minimum Gasteiger partial charge on any atom is -0.486 e. The number of amides is 2. The van der Waals surface area contributed by atoms with Crippen molar-refractivity contribution in [1.29, 1.82) is 0 Å². The van der Waals surface area contributed by atoms with Crippen molar-refractivity contribution in [2.24, 2.45) is 0 Å². The van der Waals surface area contributed by atoms with E-state index in [1.807, 2.05) is 39.8 Å². The summed E-state index contributed by atoms with van der Waals surface area (Å²) in [5, 5.41) is 8.98. The number of hydrogen-bond donors (Lipinski definition) is 1. The molecule has 1 fully saturated rings. The number of benzene rings is 1. The van der Waals surface area contributed by atoms with Crippen molar-refractivity contribution in [3.8, 4) is 5.75 Å². The number of aromatic nitrogens is 2. The van der Waals surface area contributed by atoms with E-state index in [2.05, 4.69) is 14.9 Å². The van der Waals surface area contributed by atoms with Gasteiger partial charge in [0.15, 0.2) is 5.75 Å². The molecule has 0 unspecified atom stereocenters. The number of piperazine rings is 1. The van der Waals surface area contributed by atoms with Crippen molar-refractivity contribution in [1.82, 2.24) is 19.8 Å². The molecule has 2 aromatic rings. The first-order chi connectivity index (χ1) is 16.6. The predicted molar refractivity (Wildman–Crippen MR) is 131 cm³/mol. The minimum atomic E-state index is -0.521. The van der Waals surface area contributed by atoms with Crippen LogP contribution in [0, 0.1) is 0 Å². The van der Waals surface area contributed by atoms with Gasteiger partial charge in [-0.25, -0.2) is 14.8 Å². The van der Waals surface area contributed by atoms with E-state index in [4.69, 9.17) is 14.6 Å². The smallest absolute Gasteiger partial charge is 0.410 e. The molecule has 1 aliphatic rings. The number of ether oxygens (including phenoxy) is 2. The van der Waals surface area contributed by atoms with E-state index in [1.54, 1.807) is 36.5 Å². The minimum absolute atomic E-state index is 0.0423. The Hall–Kier alpha value is -3.40. The van der Waals surface area contributed by atoms with Crippen molar-refractivity contribution < 1.29 is 24.2 Å². The highest BCUT2D eigenvalue weighted by molar-refractivity contribution is 5.94. The Labute approximate surface area is 206 Å². The number of hydrogen-bond acceptors (Lipinski definition) is 8. The molecular weight excluding hydrogens is 450 g/mol. The summed E-state index contributed by atoms with van der Waals surface area (Å²) in [4.78, 5) is 38.8. The van der Waals surface area contributed by atoms with Crippen LogP contribution >= 0.6 is 0 Å². The van der Waals surface area contributed by atoms with E-state index in [1.165, 1.54) is 4.90 Å². The van der Waals surface area contributed by atoms with Crippen LogP contribution in [-0.2, 0) is 11.3 Å². The van der Waals surface area contributed by atoms with Crippen LogP contribution in [0.15, 0.2) is 36.7 Å². The Balaban J connectivity index is 1.51. The molecule has 190 valence electrons. The third kappa shape index (κ3) is 7.29. The maximum atomic E-state index is 12.4. The molecule has 10 nitrogen and oxygen atoms in total. The lowest BCUT2D eigenvalue weighted by atomic mass is 10.1. The lowest BCUT2D eigenvalue weighted by Gasteiger charge is -2.40. The van der Waals surface area contributed by atoms with Gasteiger partial charge in [-0.05, 0) is 45.4 Å². The van der Waals surface area contributed by atoms with Gasteiger partial charge in [-0.3, -0.25) is 4.79 Å². The number of carbonyl (C=O) groups excluding carboxylic acids is 2. The lowest BCUT2D eigenvalue weighted by molar-refractivity contribution is 0.0218. The van der Waals surface area contributed by atoms with Crippen LogP contribution in [-0.4, -0.2) is 88.4 Å². The first kappa shape index (κ1) is 26.2. The van der Waals surface area contributed by atoms with Gasteiger partial charge in [0.1, 0.15) is 12.2 Å². The molecule has 1 aliphatic heterocycles. The van der Waals surface area contributed by atoms with Crippen LogP contribution < -0.4 is 9.64 Å². The normalized spacial score (nSPS) is 16.1. The summed E-state index contributed by atoms with van der Waals surface area (Å²) in [5.74, 6) is 0.983. The number of anilines is 1. The molecule has 3 rings (SSSR count). The van der Waals surface area contributed by atoms with Crippen molar-refractivity contribution in [3.05, 3.63) is 47.8 Å². The molecule has 1 aromatic carbocycles. The number of aliphatic hydroxyl groups is 1. The number of rotatable bonds is 7. The van der Waals surface area contributed by atoms with Gasteiger partial charge in [0, 0.05) is 44.8 Å². The van der Waals surface area contributed by atoms with Gasteiger partial charge in [0.05, 0.1) is 19.0 Å². The molecule has 0 spiro atoms. The zero-order valence-electron chi connectivity index (χ0n) is 21.1. The number of nitrogens with zero attached hydrogens (tertiary/aromatic N) is 5. The van der Waals surface area contributed by atoms with E-state index in [0.29, 0.717) is 43.5 Å². The Morgan fingerprint density at radius 1 is 1.14 bits per heavy atom. The summed E-state index contributed by atoms with van der Waals surface area (Å²) in [5.41, 5.74) is 0.938. The van der Waals surface area contributed by atoms with Gasteiger partial charge in [-0.2, -0.15) is 0 Å². The van der Waals surface area contributed by atoms with E-state index in [9.17, 15) is 9.59 Å². The van der Waals surface area contributed by atoms with Crippen LogP contribution in [0.4, 0.5) is 10.7 Å². The molecule has 0 radical (unpaired) electrons. The average Bonchev–Trinajstić information content (AvgIpc) is 2.82. The van der Waals surface area contributed by atoms with E-state index in [-0.39, 0.29) is 31.2 Å². The van der Waals surface area contributed by atoms with Gasteiger partial charge in [-0.15, -0.1) is 0 Å². The largest absolute Gasteiger partial charge is 0.486 e. The molecule has 1 saturated heterocycles. The predicted octanol–water partition coefficient (Wildman–Crippen LogP) is 2.57. The summed E-state index contributed by atoms with van der Waals surface area (Å²) in [7, 11) is 1.65. The first-order valence-electron chi connectivity index (χ1n) is 11.7. The van der Waals surface area contributed by atoms with Gasteiger partial charge < -0.3 is 29.3 Å². The number of carbonyl (C=O) groups is 2. The zero-order chi connectivity index (χ0) is 25.6. The quantitative estimate of drug-likeness (QED) is 0.638. The highest BCUT2D eigenvalue weighted by Gasteiger charge is 2.30. The number of aliphatic hydroxyl groups excluding tert-OH is 1. The fourth-order valence-electron chi connectivity index (χ4n) is 3.66. The molecule has 1 N–H and O–H groups in total. The summed E-state index contributed by atoms with van der Waals surface area (Å²) in [6.07, 6.45) is 2.97. The van der Waals surface area contributed by atoms with E-state index < -0.39 is 5.60 Å². The van der Waals surface area contributed by atoms with Gasteiger partial charge >= 0.3 is 6.09 Å². The Morgan fingerprint density at radius 2 is 1.80 bits per heavy atom. The van der Waals surface area contributed by atoms with Gasteiger partial charge in [0.25, 0.3) is 5.91 Å². The fraction of sp³-hybridized carbons (Fsp3) is 0.520. The standard InChI is InChI=1S/C25H35N5O5/c1-18-16-29(24(33)35-25(2,3)4)10-11-30(18)23-26-14-21(15-27-23)34-17-19-6-8-20(9-7-19)22(32)28(5)12-13-31/h6-9,14-15,18,31H,10-13,16-17H2,1-5H3/t18-/m1/s1. The Kier molecular flexibility index (Phi) is 8.50. The maximum absolute atomic E-state index is 12.4. The second kappa shape index (κ2) is 11.4. The second-order valence-corrected chi connectivity index (χ2v) is 9.62. The molecular formula is C25H35N5O5. The Morgan fingerprint density at radius 3 is 2.37 bits per heavy atom. The first-order valence-corrected chi connectivity index (χ1v) is 11.7. The molecule has 0 saturated carbocycles. The highest BCUT2D eigenvalue weighted by Crippen LogP contribution is 2.20. The van der Waals surface area contributed by atoms with Crippen molar-refractivity contribution in [2.75, 3.05) is 44.7 Å². The van der Waals surface area contributed by atoms with Crippen molar-refractivity contribution in [3.63, 3.8) is 0 Å². The van der Waals surface area contributed by atoms with E-state index in [0.717, 1.165) is 5.56 Å². The summed E-state index contributed by atoms with van der Waals surface area (Å²) < 4.78 is 11.3. The third-order valence-corrected chi connectivity index (χ3v) is 5.54. The topological polar surface area (TPSA) is 108 Å². The summed E-state index contributed by atoms with van der Waals surface area (Å²) in [6, 6.07) is 7.20. The SMILES string of the molecule is C[C@@H]1CN(C(=O)OC(C)(C)C)CCN1c1ncc(OCc2ccc(C(=O)N(C)CCO)cc2)cn1. The van der Waals surface area contributed by atoms with Crippen LogP contribution in [0.25, 0.3) is 0 Å². The molecule has 35 heavy (non-hydrogen) atoms. The molecule has 1 aromatic heterocycles. The molecule has 10 heteroatoms. The maximum Gasteiger partial charge on any atom is 0.410 e. The molecule has 1 atom stereocenters. The molecule has 2 heterocycles. The monoisotopic (exact) mass is 485 g/mol. The summed E-state index contributed by atoms with van der Waals surface area (Å²) in [6.45, 7) is 9.81. The Bertz CT molecular complexity index is 991. The van der Waals surface area contributed by atoms with Gasteiger partial charge in [-0.1, -0.05) is 12.1 Å². The van der Waals surface area contributed by atoms with Crippen LogP contribution in [0.3, 0.4) is 0 Å². The summed E-state index contributed by atoms with van der Waals surface area (Å²) >= 11 is 0. The third-order valence-electron chi connectivity index (χ3n) is 5.54. The lowest BCUT2D eigenvalue weighted by Crippen LogP contribution is -2.55. The van der Waals surface area contributed by atoms with Crippen LogP contribution in [0.1, 0.15) is 43.6 Å². The van der Waals surface area contributed by atoms with Crippen molar-refractivity contribution in [2.45, 2.75) is 45.9 Å². The van der Waals surface area contributed by atoms with Crippen LogP contribution in [0.2, 0.25) is 0 Å². The average molecular weight is 486 g/mol. The molecule has 2 amide bonds.